The second-order valence-corrected chi connectivity index (χ2v) is 8.69. The van der Waals surface area contributed by atoms with Gasteiger partial charge in [0.25, 0.3) is 0 Å². The molecule has 9 heteroatoms. The highest BCUT2D eigenvalue weighted by molar-refractivity contribution is 5.89. The number of aromatic amines is 1. The van der Waals surface area contributed by atoms with Crippen molar-refractivity contribution in [2.24, 2.45) is 0 Å². The largest absolute Gasteiger partial charge is 0.497 e. The summed E-state index contributed by atoms with van der Waals surface area (Å²) in [6.45, 7) is 7.06. The van der Waals surface area contributed by atoms with E-state index in [4.69, 9.17) is 9.72 Å². The molecule has 0 spiro atoms. The van der Waals surface area contributed by atoms with Crippen LogP contribution < -0.4 is 15.0 Å². The van der Waals surface area contributed by atoms with Crippen LogP contribution in [-0.4, -0.2) is 64.0 Å². The van der Waals surface area contributed by atoms with Gasteiger partial charge in [-0.05, 0) is 50.2 Å². The fraction of sp³-hybridized carbons (Fsp3) is 0.320. The van der Waals surface area contributed by atoms with Crippen molar-refractivity contribution in [1.29, 1.82) is 0 Å². The Labute approximate surface area is 198 Å². The molecule has 1 saturated heterocycles. The number of carbonyl (C=O) groups is 1. The molecule has 0 radical (unpaired) electrons. The minimum atomic E-state index is -0.0897. The van der Waals surface area contributed by atoms with E-state index in [1.54, 1.807) is 7.11 Å². The third-order valence-electron chi connectivity index (χ3n) is 6.12. The van der Waals surface area contributed by atoms with Crippen molar-refractivity contribution >= 4 is 28.6 Å². The van der Waals surface area contributed by atoms with Crippen molar-refractivity contribution in [3.05, 3.63) is 54.7 Å². The normalized spacial score (nSPS) is 14.1. The minimum Gasteiger partial charge on any atom is -0.497 e. The van der Waals surface area contributed by atoms with Crippen LogP contribution in [0.4, 0.5) is 16.2 Å². The topological polar surface area (TPSA) is 91.3 Å². The summed E-state index contributed by atoms with van der Waals surface area (Å²) in [5.74, 6) is 1.56. The van der Waals surface area contributed by atoms with E-state index in [9.17, 15) is 4.79 Å². The third kappa shape index (κ3) is 4.28. The van der Waals surface area contributed by atoms with Gasteiger partial charge in [-0.3, -0.25) is 0 Å². The fourth-order valence-corrected chi connectivity index (χ4v) is 4.23. The first-order chi connectivity index (χ1) is 16.5. The summed E-state index contributed by atoms with van der Waals surface area (Å²) in [6, 6.07) is 16.0. The van der Waals surface area contributed by atoms with Crippen LogP contribution in [-0.2, 0) is 0 Å². The van der Waals surface area contributed by atoms with Crippen molar-refractivity contribution in [1.82, 2.24) is 24.6 Å². The molecule has 9 nitrogen and oxygen atoms in total. The number of benzene rings is 2. The molecule has 0 saturated carbocycles. The second kappa shape index (κ2) is 9.09. The average Bonchev–Trinajstić information content (AvgIpc) is 3.45. The van der Waals surface area contributed by atoms with Crippen molar-refractivity contribution in [3.63, 3.8) is 0 Å². The van der Waals surface area contributed by atoms with Gasteiger partial charge in [0.05, 0.1) is 13.3 Å². The number of amides is 2. The maximum Gasteiger partial charge on any atom is 0.321 e. The minimum absolute atomic E-state index is 0.0897. The number of fused-ring (bicyclic) bond motifs is 1. The van der Waals surface area contributed by atoms with Crippen LogP contribution in [0.3, 0.4) is 0 Å². The number of rotatable bonds is 5. The van der Waals surface area contributed by atoms with E-state index in [1.165, 1.54) is 0 Å². The number of nitrogens with one attached hydrogen (secondary N) is 2. The van der Waals surface area contributed by atoms with Crippen LogP contribution in [0.25, 0.3) is 22.6 Å². The Balaban J connectivity index is 1.20. The Morgan fingerprint density at radius 3 is 2.56 bits per heavy atom. The zero-order valence-corrected chi connectivity index (χ0v) is 19.7. The number of piperazine rings is 1. The van der Waals surface area contributed by atoms with Crippen LogP contribution in [0.1, 0.15) is 19.9 Å². The summed E-state index contributed by atoms with van der Waals surface area (Å²) in [5, 5.41) is 7.35. The number of urea groups is 1. The van der Waals surface area contributed by atoms with Gasteiger partial charge in [-0.15, -0.1) is 0 Å². The fourth-order valence-electron chi connectivity index (χ4n) is 4.23. The lowest BCUT2D eigenvalue weighted by Gasteiger charge is -2.36. The Morgan fingerprint density at radius 2 is 1.85 bits per heavy atom. The molecule has 0 bridgehead atoms. The molecule has 34 heavy (non-hydrogen) atoms. The zero-order chi connectivity index (χ0) is 23.7. The van der Waals surface area contributed by atoms with E-state index >= 15 is 0 Å². The van der Waals surface area contributed by atoms with Crippen LogP contribution in [0.2, 0.25) is 0 Å². The third-order valence-corrected chi connectivity index (χ3v) is 6.12. The zero-order valence-electron chi connectivity index (χ0n) is 19.7. The number of aromatic nitrogens is 4. The molecular formula is C25H29N7O2. The molecule has 0 unspecified atom stereocenters. The van der Waals surface area contributed by atoms with Crippen molar-refractivity contribution < 1.29 is 9.53 Å². The van der Waals surface area contributed by atoms with Gasteiger partial charge >= 0.3 is 6.03 Å². The molecule has 2 aromatic carbocycles. The van der Waals surface area contributed by atoms with Gasteiger partial charge in [-0.2, -0.15) is 5.10 Å². The first-order valence-corrected chi connectivity index (χ1v) is 11.5. The standard InChI is InChI=1S/C25H29N7O2/c1-17(2)32-24-22(16-26-32)28-23(29-24)18-7-9-20(10-8-18)30-11-13-31(14-12-30)25(33)27-19-5-4-6-21(15-19)34-3/h4-10,15-17H,11-14H2,1-3H3,(H,27,33)(H,28,29). The summed E-state index contributed by atoms with van der Waals surface area (Å²) in [6.07, 6.45) is 1.82. The van der Waals surface area contributed by atoms with E-state index in [2.05, 4.69) is 58.4 Å². The molecule has 1 fully saturated rings. The highest BCUT2D eigenvalue weighted by atomic mass is 16.5. The van der Waals surface area contributed by atoms with Crippen molar-refractivity contribution in [3.8, 4) is 17.1 Å². The number of carbonyl (C=O) groups excluding carboxylic acids is 1. The molecule has 176 valence electrons. The summed E-state index contributed by atoms with van der Waals surface area (Å²) in [7, 11) is 1.61. The van der Waals surface area contributed by atoms with Gasteiger partial charge in [0.15, 0.2) is 5.65 Å². The number of hydrogen-bond acceptors (Lipinski definition) is 5. The van der Waals surface area contributed by atoms with Crippen LogP contribution in [0.15, 0.2) is 54.7 Å². The molecule has 0 aliphatic carbocycles. The molecule has 3 heterocycles. The van der Waals surface area contributed by atoms with E-state index in [1.807, 2.05) is 40.0 Å². The molecule has 1 aliphatic heterocycles. The van der Waals surface area contributed by atoms with Crippen molar-refractivity contribution in [2.45, 2.75) is 19.9 Å². The monoisotopic (exact) mass is 459 g/mol. The highest BCUT2D eigenvalue weighted by Gasteiger charge is 2.22. The molecule has 5 rings (SSSR count). The van der Waals surface area contributed by atoms with E-state index < -0.39 is 0 Å². The Hall–Kier alpha value is -4.01. The first-order valence-electron chi connectivity index (χ1n) is 11.5. The average molecular weight is 460 g/mol. The predicted octanol–water partition coefficient (Wildman–Crippen LogP) is 4.37. The molecule has 0 atom stereocenters. The van der Waals surface area contributed by atoms with Crippen LogP contribution in [0, 0.1) is 0 Å². The van der Waals surface area contributed by atoms with Gasteiger partial charge in [0.1, 0.15) is 17.1 Å². The quantitative estimate of drug-likeness (QED) is 0.462. The first kappa shape index (κ1) is 21.8. The molecule has 2 N–H and O–H groups in total. The summed E-state index contributed by atoms with van der Waals surface area (Å²) < 4.78 is 7.15. The molecule has 2 aromatic heterocycles. The molecular weight excluding hydrogens is 430 g/mol. The molecule has 2 amide bonds. The lowest BCUT2D eigenvalue weighted by molar-refractivity contribution is 0.208. The smallest absolute Gasteiger partial charge is 0.321 e. The Bertz CT molecular complexity index is 1280. The van der Waals surface area contributed by atoms with Crippen molar-refractivity contribution in [2.75, 3.05) is 43.5 Å². The van der Waals surface area contributed by atoms with Gasteiger partial charge < -0.3 is 24.8 Å². The van der Waals surface area contributed by atoms with Gasteiger partial charge in [-0.25, -0.2) is 14.5 Å². The molecule has 4 aromatic rings. The Morgan fingerprint density at radius 1 is 1.09 bits per heavy atom. The van der Waals surface area contributed by atoms with E-state index in [-0.39, 0.29) is 12.1 Å². The van der Waals surface area contributed by atoms with E-state index in [0.29, 0.717) is 13.1 Å². The number of methoxy groups -OCH3 is 1. The maximum absolute atomic E-state index is 12.7. The number of hydrogen-bond donors (Lipinski definition) is 2. The van der Waals surface area contributed by atoms with Gasteiger partial charge in [-0.1, -0.05) is 6.07 Å². The lowest BCUT2D eigenvalue weighted by atomic mass is 10.1. The maximum atomic E-state index is 12.7. The van der Waals surface area contributed by atoms with E-state index in [0.717, 1.165) is 52.8 Å². The summed E-state index contributed by atoms with van der Waals surface area (Å²) in [4.78, 5) is 24.9. The summed E-state index contributed by atoms with van der Waals surface area (Å²) in [5.41, 5.74) is 4.72. The van der Waals surface area contributed by atoms with Gasteiger partial charge in [0.2, 0.25) is 0 Å². The number of ether oxygens (including phenoxy) is 1. The van der Waals surface area contributed by atoms with Crippen LogP contribution >= 0.6 is 0 Å². The number of imidazole rings is 1. The molecule has 1 aliphatic rings. The SMILES string of the molecule is COc1cccc(NC(=O)N2CCN(c3ccc(-c4nc5c(cnn5C(C)C)[nH]4)cc3)CC2)c1. The number of nitrogens with zero attached hydrogens (tertiary/aromatic N) is 5. The Kier molecular flexibility index (Phi) is 5.83. The highest BCUT2D eigenvalue weighted by Crippen LogP contribution is 2.25. The number of H-pyrrole nitrogens is 1. The van der Waals surface area contributed by atoms with Crippen LogP contribution in [0.5, 0.6) is 5.75 Å². The number of anilines is 2. The van der Waals surface area contributed by atoms with Gasteiger partial charge in [0, 0.05) is 55.2 Å². The second-order valence-electron chi connectivity index (χ2n) is 8.69. The lowest BCUT2D eigenvalue weighted by Crippen LogP contribution is -2.50. The predicted molar refractivity (Wildman–Crippen MR) is 133 cm³/mol. The summed E-state index contributed by atoms with van der Waals surface area (Å²) >= 11 is 0.